The van der Waals surface area contributed by atoms with Crippen LogP contribution in [0.25, 0.3) is 0 Å². The Morgan fingerprint density at radius 3 is 2.48 bits per heavy atom. The SMILES string of the molecule is COc1ccc([C@@H](CNc2ccc([N+](=O)[O-])cc2C#N)[NH+](C)C)cc1. The molecular weight excluding hydrogens is 320 g/mol. The Bertz CT molecular complexity index is 782. The molecule has 0 aliphatic carbocycles. The molecule has 1 atom stereocenters. The molecule has 7 nitrogen and oxygen atoms in total. The van der Waals surface area contributed by atoms with E-state index < -0.39 is 4.92 Å². The molecule has 0 amide bonds. The van der Waals surface area contributed by atoms with Gasteiger partial charge in [-0.05, 0) is 30.3 Å². The van der Waals surface area contributed by atoms with Gasteiger partial charge in [0.05, 0.1) is 43.9 Å². The Balaban J connectivity index is 2.18. The molecule has 0 bridgehead atoms. The van der Waals surface area contributed by atoms with E-state index in [9.17, 15) is 15.4 Å². The van der Waals surface area contributed by atoms with Crippen molar-refractivity contribution in [1.82, 2.24) is 0 Å². The van der Waals surface area contributed by atoms with E-state index in [1.807, 2.05) is 30.3 Å². The first kappa shape index (κ1) is 18.2. The van der Waals surface area contributed by atoms with Crippen LogP contribution in [-0.4, -0.2) is 32.7 Å². The number of nitrogens with zero attached hydrogens (tertiary/aromatic N) is 2. The molecule has 0 aromatic heterocycles. The van der Waals surface area contributed by atoms with E-state index in [1.165, 1.54) is 17.0 Å². The van der Waals surface area contributed by atoms with E-state index in [4.69, 9.17) is 4.74 Å². The lowest BCUT2D eigenvalue weighted by Crippen LogP contribution is -3.06. The molecule has 0 saturated carbocycles. The summed E-state index contributed by atoms with van der Waals surface area (Å²) in [5.74, 6) is 0.798. The Labute approximate surface area is 146 Å². The zero-order valence-electron chi connectivity index (χ0n) is 14.4. The topological polar surface area (TPSA) is 92.6 Å². The van der Waals surface area contributed by atoms with E-state index in [0.29, 0.717) is 12.2 Å². The average Bonchev–Trinajstić information content (AvgIpc) is 2.62. The third kappa shape index (κ3) is 4.46. The Kier molecular flexibility index (Phi) is 5.93. The summed E-state index contributed by atoms with van der Waals surface area (Å²) >= 11 is 0. The number of quaternary nitrogens is 1. The van der Waals surface area contributed by atoms with E-state index in [2.05, 4.69) is 19.4 Å². The minimum atomic E-state index is -0.505. The molecule has 0 aliphatic heterocycles. The van der Waals surface area contributed by atoms with Crippen molar-refractivity contribution in [1.29, 1.82) is 5.26 Å². The molecular formula is C18H21N4O3+. The van der Waals surface area contributed by atoms with Gasteiger partial charge in [-0.1, -0.05) is 0 Å². The number of rotatable bonds is 7. The predicted octanol–water partition coefficient (Wildman–Crippen LogP) is 1.77. The van der Waals surface area contributed by atoms with Crippen molar-refractivity contribution in [2.24, 2.45) is 0 Å². The Morgan fingerprint density at radius 2 is 1.96 bits per heavy atom. The van der Waals surface area contributed by atoms with Gasteiger partial charge in [0.2, 0.25) is 0 Å². The van der Waals surface area contributed by atoms with Crippen LogP contribution < -0.4 is 15.0 Å². The number of nitro benzene ring substituents is 1. The highest BCUT2D eigenvalue weighted by molar-refractivity contribution is 5.61. The monoisotopic (exact) mass is 341 g/mol. The predicted molar refractivity (Wildman–Crippen MR) is 94.8 cm³/mol. The number of non-ortho nitro benzene ring substituents is 1. The van der Waals surface area contributed by atoms with E-state index in [-0.39, 0.29) is 17.3 Å². The quantitative estimate of drug-likeness (QED) is 0.591. The summed E-state index contributed by atoms with van der Waals surface area (Å²) in [4.78, 5) is 11.6. The van der Waals surface area contributed by atoms with Gasteiger partial charge in [0.25, 0.3) is 5.69 Å². The van der Waals surface area contributed by atoms with Gasteiger partial charge in [0, 0.05) is 17.7 Å². The van der Waals surface area contributed by atoms with Crippen LogP contribution in [-0.2, 0) is 0 Å². The van der Waals surface area contributed by atoms with Crippen LogP contribution in [0.5, 0.6) is 5.75 Å². The minimum Gasteiger partial charge on any atom is -0.497 e. The zero-order chi connectivity index (χ0) is 18.4. The summed E-state index contributed by atoms with van der Waals surface area (Å²) in [6, 6.07) is 14.3. The van der Waals surface area contributed by atoms with Crippen LogP contribution in [0.4, 0.5) is 11.4 Å². The fraction of sp³-hybridized carbons (Fsp3) is 0.278. The second-order valence-corrected chi connectivity index (χ2v) is 5.88. The number of hydrogen-bond donors (Lipinski definition) is 2. The summed E-state index contributed by atoms with van der Waals surface area (Å²) in [7, 11) is 5.73. The van der Waals surface area contributed by atoms with Crippen molar-refractivity contribution in [3.05, 3.63) is 63.7 Å². The number of methoxy groups -OCH3 is 1. The summed E-state index contributed by atoms with van der Waals surface area (Å²) in [6.07, 6.45) is 0. The number of nitro groups is 1. The van der Waals surface area contributed by atoms with Crippen LogP contribution in [0.3, 0.4) is 0 Å². The number of ether oxygens (including phenoxy) is 1. The summed E-state index contributed by atoms with van der Waals surface area (Å²) in [6.45, 7) is 0.584. The maximum atomic E-state index is 10.8. The molecule has 25 heavy (non-hydrogen) atoms. The molecule has 2 aromatic carbocycles. The van der Waals surface area contributed by atoms with Gasteiger partial charge in [-0.3, -0.25) is 10.1 Å². The lowest BCUT2D eigenvalue weighted by atomic mass is 10.1. The van der Waals surface area contributed by atoms with Crippen molar-refractivity contribution >= 4 is 11.4 Å². The van der Waals surface area contributed by atoms with E-state index in [1.54, 1.807) is 13.2 Å². The van der Waals surface area contributed by atoms with Crippen molar-refractivity contribution < 1.29 is 14.6 Å². The molecule has 0 unspecified atom stereocenters. The van der Waals surface area contributed by atoms with Crippen LogP contribution in [0.1, 0.15) is 17.2 Å². The highest BCUT2D eigenvalue weighted by Gasteiger charge is 2.19. The number of likely N-dealkylation sites (N-methyl/N-ethyl adjacent to an activating group) is 1. The first-order chi connectivity index (χ1) is 12.0. The molecule has 2 rings (SSSR count). The molecule has 0 fully saturated rings. The fourth-order valence-corrected chi connectivity index (χ4v) is 2.60. The smallest absolute Gasteiger partial charge is 0.270 e. The third-order valence-electron chi connectivity index (χ3n) is 4.05. The molecule has 0 saturated heterocycles. The number of anilines is 1. The second-order valence-electron chi connectivity index (χ2n) is 5.88. The average molecular weight is 341 g/mol. The summed E-state index contributed by atoms with van der Waals surface area (Å²) < 4.78 is 5.19. The number of nitriles is 1. The lowest BCUT2D eigenvalue weighted by Gasteiger charge is -2.23. The number of nitrogens with one attached hydrogen (secondary N) is 2. The van der Waals surface area contributed by atoms with Crippen molar-refractivity contribution in [2.45, 2.75) is 6.04 Å². The number of hydrogen-bond acceptors (Lipinski definition) is 5. The largest absolute Gasteiger partial charge is 0.497 e. The third-order valence-corrected chi connectivity index (χ3v) is 4.05. The van der Waals surface area contributed by atoms with Gasteiger partial charge < -0.3 is 15.0 Å². The lowest BCUT2D eigenvalue weighted by molar-refractivity contribution is -0.890. The second kappa shape index (κ2) is 8.13. The van der Waals surface area contributed by atoms with Gasteiger partial charge in [0.1, 0.15) is 17.9 Å². The Morgan fingerprint density at radius 1 is 1.28 bits per heavy atom. The van der Waals surface area contributed by atoms with Gasteiger partial charge in [-0.15, -0.1) is 0 Å². The minimum absolute atomic E-state index is 0.0907. The van der Waals surface area contributed by atoms with Crippen molar-refractivity contribution in [3.8, 4) is 11.8 Å². The summed E-state index contributed by atoms with van der Waals surface area (Å²) in [5.41, 5.74) is 1.89. The molecule has 0 spiro atoms. The molecule has 7 heteroatoms. The highest BCUT2D eigenvalue weighted by atomic mass is 16.6. The highest BCUT2D eigenvalue weighted by Crippen LogP contribution is 2.22. The van der Waals surface area contributed by atoms with Gasteiger partial charge >= 0.3 is 0 Å². The van der Waals surface area contributed by atoms with Crippen LogP contribution in [0.15, 0.2) is 42.5 Å². The molecule has 0 radical (unpaired) electrons. The molecule has 2 aromatic rings. The van der Waals surface area contributed by atoms with Gasteiger partial charge in [-0.25, -0.2) is 0 Å². The van der Waals surface area contributed by atoms with Crippen LogP contribution >= 0.6 is 0 Å². The first-order valence-corrected chi connectivity index (χ1v) is 7.82. The molecule has 0 heterocycles. The maximum Gasteiger partial charge on any atom is 0.270 e. The van der Waals surface area contributed by atoms with Crippen molar-refractivity contribution in [3.63, 3.8) is 0 Å². The normalized spacial score (nSPS) is 11.6. The fourth-order valence-electron chi connectivity index (χ4n) is 2.60. The van der Waals surface area contributed by atoms with E-state index in [0.717, 1.165) is 11.3 Å². The molecule has 130 valence electrons. The van der Waals surface area contributed by atoms with E-state index >= 15 is 0 Å². The molecule has 2 N–H and O–H groups in total. The molecule has 0 aliphatic rings. The van der Waals surface area contributed by atoms with Crippen LogP contribution in [0.2, 0.25) is 0 Å². The maximum absolute atomic E-state index is 10.8. The van der Waals surface area contributed by atoms with Gasteiger partial charge in [-0.2, -0.15) is 5.26 Å². The number of benzene rings is 2. The summed E-state index contributed by atoms with van der Waals surface area (Å²) in [5, 5.41) is 23.3. The zero-order valence-corrected chi connectivity index (χ0v) is 14.4. The van der Waals surface area contributed by atoms with Crippen molar-refractivity contribution in [2.75, 3.05) is 33.1 Å². The Hall–Kier alpha value is -3.11. The van der Waals surface area contributed by atoms with Crippen LogP contribution in [0, 0.1) is 21.4 Å². The standard InChI is InChI=1S/C18H20N4O3/c1-21(2)18(13-4-7-16(25-3)8-5-13)12-20-17-9-6-15(22(23)24)10-14(17)11-19/h4-10,18,20H,12H2,1-3H3/p+1/t18-/m1/s1. The first-order valence-electron chi connectivity index (χ1n) is 7.82. The van der Waals surface area contributed by atoms with Gasteiger partial charge in [0.15, 0.2) is 0 Å².